The second kappa shape index (κ2) is 6.57. The number of ether oxygens (including phenoxy) is 1. The average molecular weight is 331 g/mol. The maximum atomic E-state index is 12.0. The van der Waals surface area contributed by atoms with E-state index in [1.807, 2.05) is 0 Å². The molecule has 1 aromatic heterocycles. The number of carbonyl (C=O) groups excluding carboxylic acids is 1. The maximum absolute atomic E-state index is 12.0. The second-order valence-electron chi connectivity index (χ2n) is 5.50. The Hall–Kier alpha value is -0.810. The van der Waals surface area contributed by atoms with Gasteiger partial charge in [-0.3, -0.25) is 0 Å². The Balaban J connectivity index is 1.97. The molecular formula is C14H21BrNO3+. The van der Waals surface area contributed by atoms with E-state index >= 15 is 0 Å². The lowest BCUT2D eigenvalue weighted by Crippen LogP contribution is -3.06. The first kappa shape index (κ1) is 14.6. The third-order valence-corrected chi connectivity index (χ3v) is 3.97. The van der Waals surface area contributed by atoms with Crippen LogP contribution in [-0.2, 0) is 4.74 Å². The Labute approximate surface area is 122 Å². The van der Waals surface area contributed by atoms with Gasteiger partial charge in [0.1, 0.15) is 6.10 Å². The first-order valence-corrected chi connectivity index (χ1v) is 7.61. The summed E-state index contributed by atoms with van der Waals surface area (Å²) in [5.74, 6) is 0.380. The molecule has 1 saturated carbocycles. The van der Waals surface area contributed by atoms with Crippen LogP contribution in [0.25, 0.3) is 0 Å². The van der Waals surface area contributed by atoms with Crippen molar-refractivity contribution < 1.29 is 18.8 Å². The Morgan fingerprint density at radius 3 is 2.79 bits per heavy atom. The number of quaternary nitrogens is 1. The first-order valence-electron chi connectivity index (χ1n) is 6.81. The molecule has 2 atom stereocenters. The van der Waals surface area contributed by atoms with Crippen LogP contribution >= 0.6 is 15.9 Å². The predicted octanol–water partition coefficient (Wildman–Crippen LogP) is 1.90. The van der Waals surface area contributed by atoms with Gasteiger partial charge in [0.2, 0.25) is 5.76 Å². The Morgan fingerprint density at radius 1 is 1.42 bits per heavy atom. The van der Waals surface area contributed by atoms with E-state index in [0.717, 1.165) is 25.8 Å². The molecule has 106 valence electrons. The van der Waals surface area contributed by atoms with Gasteiger partial charge in [0, 0.05) is 5.92 Å². The summed E-state index contributed by atoms with van der Waals surface area (Å²) in [6, 6.07) is 3.35. The smallest absolute Gasteiger partial charge is 0.374 e. The molecule has 1 heterocycles. The normalized spacial score (nSPS) is 23.6. The van der Waals surface area contributed by atoms with E-state index in [1.165, 1.54) is 11.3 Å². The Kier molecular flexibility index (Phi) is 5.05. The lowest BCUT2D eigenvalue weighted by atomic mass is 9.86. The van der Waals surface area contributed by atoms with Crippen molar-refractivity contribution in [1.29, 1.82) is 0 Å². The zero-order chi connectivity index (χ0) is 13.8. The zero-order valence-electron chi connectivity index (χ0n) is 11.4. The van der Waals surface area contributed by atoms with Gasteiger partial charge in [0.25, 0.3) is 0 Å². The van der Waals surface area contributed by atoms with Crippen LogP contribution in [0.2, 0.25) is 0 Å². The van der Waals surface area contributed by atoms with Gasteiger partial charge in [-0.05, 0) is 47.3 Å². The van der Waals surface area contributed by atoms with Crippen LogP contribution in [0.5, 0.6) is 0 Å². The minimum Gasteiger partial charge on any atom is -0.456 e. The molecule has 0 saturated heterocycles. The van der Waals surface area contributed by atoms with Crippen LogP contribution in [0.3, 0.4) is 0 Å². The van der Waals surface area contributed by atoms with E-state index in [2.05, 4.69) is 30.0 Å². The average Bonchev–Trinajstić information content (AvgIpc) is 2.78. The number of rotatable bonds is 4. The highest BCUT2D eigenvalue weighted by atomic mass is 79.9. The van der Waals surface area contributed by atoms with Crippen molar-refractivity contribution in [1.82, 2.24) is 0 Å². The number of esters is 1. The molecule has 0 amide bonds. The fraction of sp³-hybridized carbons (Fsp3) is 0.643. The number of carbonyl (C=O) groups is 1. The van der Waals surface area contributed by atoms with Crippen molar-refractivity contribution in [2.45, 2.75) is 31.8 Å². The topological polar surface area (TPSA) is 43.9 Å². The van der Waals surface area contributed by atoms with Crippen LogP contribution in [0, 0.1) is 5.92 Å². The first-order chi connectivity index (χ1) is 9.06. The summed E-state index contributed by atoms with van der Waals surface area (Å²) >= 11 is 3.19. The molecule has 2 rings (SSSR count). The summed E-state index contributed by atoms with van der Waals surface area (Å²) in [5.41, 5.74) is 0. The molecule has 0 aromatic carbocycles. The Bertz CT molecular complexity index is 430. The van der Waals surface area contributed by atoms with Gasteiger partial charge in [-0.15, -0.1) is 0 Å². The van der Waals surface area contributed by atoms with Crippen LogP contribution in [-0.4, -0.2) is 32.7 Å². The quantitative estimate of drug-likeness (QED) is 0.857. The monoisotopic (exact) mass is 330 g/mol. The highest BCUT2D eigenvalue weighted by molar-refractivity contribution is 9.10. The summed E-state index contributed by atoms with van der Waals surface area (Å²) in [5, 5.41) is 0. The van der Waals surface area contributed by atoms with Gasteiger partial charge in [-0.1, -0.05) is 6.42 Å². The molecule has 0 unspecified atom stereocenters. The molecule has 5 heteroatoms. The highest BCUT2D eigenvalue weighted by Crippen LogP contribution is 2.27. The number of furan rings is 1. The van der Waals surface area contributed by atoms with E-state index in [4.69, 9.17) is 9.15 Å². The standard InChI is InChI=1S/C14H20BrNO3/c1-16(2)9-10-5-3-4-6-11(10)19-14(17)12-7-8-13(15)18-12/h7-8,10-11H,3-6,9H2,1-2H3/p+1/t10-,11-/m0/s1. The molecule has 1 N–H and O–H groups in total. The van der Waals surface area contributed by atoms with E-state index in [1.54, 1.807) is 12.1 Å². The van der Waals surface area contributed by atoms with Crippen LogP contribution < -0.4 is 4.90 Å². The lowest BCUT2D eigenvalue weighted by molar-refractivity contribution is -0.862. The molecule has 0 aliphatic heterocycles. The van der Waals surface area contributed by atoms with Crippen molar-refractivity contribution in [3.05, 3.63) is 22.6 Å². The van der Waals surface area contributed by atoms with Crippen molar-refractivity contribution in [2.24, 2.45) is 5.92 Å². The van der Waals surface area contributed by atoms with Gasteiger partial charge in [-0.25, -0.2) is 4.79 Å². The fourth-order valence-electron chi connectivity index (χ4n) is 2.71. The largest absolute Gasteiger partial charge is 0.456 e. The molecule has 1 aliphatic carbocycles. The highest BCUT2D eigenvalue weighted by Gasteiger charge is 2.31. The molecule has 1 fully saturated rings. The zero-order valence-corrected chi connectivity index (χ0v) is 13.0. The van der Waals surface area contributed by atoms with Crippen molar-refractivity contribution in [3.8, 4) is 0 Å². The third-order valence-electron chi connectivity index (χ3n) is 3.54. The summed E-state index contributed by atoms with van der Waals surface area (Å²) in [6.07, 6.45) is 4.51. The predicted molar refractivity (Wildman–Crippen MR) is 75.2 cm³/mol. The third kappa shape index (κ3) is 4.08. The van der Waals surface area contributed by atoms with E-state index < -0.39 is 0 Å². The van der Waals surface area contributed by atoms with Gasteiger partial charge in [0.15, 0.2) is 4.67 Å². The molecule has 0 radical (unpaired) electrons. The molecule has 19 heavy (non-hydrogen) atoms. The van der Waals surface area contributed by atoms with Crippen LogP contribution in [0.1, 0.15) is 36.2 Å². The number of nitrogens with one attached hydrogen (secondary N) is 1. The second-order valence-corrected chi connectivity index (χ2v) is 6.28. The SMILES string of the molecule is C[NH+](C)C[C@@H]1CCCC[C@@H]1OC(=O)c1ccc(Br)o1. The van der Waals surface area contributed by atoms with E-state index in [-0.39, 0.29) is 17.8 Å². The minimum absolute atomic E-state index is 0.0278. The van der Waals surface area contributed by atoms with Gasteiger partial charge < -0.3 is 14.1 Å². The van der Waals surface area contributed by atoms with Gasteiger partial charge in [-0.2, -0.15) is 0 Å². The van der Waals surface area contributed by atoms with Crippen molar-refractivity contribution in [3.63, 3.8) is 0 Å². The van der Waals surface area contributed by atoms with Gasteiger partial charge >= 0.3 is 5.97 Å². The number of hydrogen-bond donors (Lipinski definition) is 1. The summed E-state index contributed by atoms with van der Waals surface area (Å²) in [4.78, 5) is 13.4. The molecule has 4 nitrogen and oxygen atoms in total. The lowest BCUT2D eigenvalue weighted by Gasteiger charge is -2.31. The summed E-state index contributed by atoms with van der Waals surface area (Å²) < 4.78 is 11.4. The Morgan fingerprint density at radius 2 is 2.16 bits per heavy atom. The fourth-order valence-corrected chi connectivity index (χ4v) is 3.01. The molecule has 1 aromatic rings. The summed E-state index contributed by atoms with van der Waals surface area (Å²) in [7, 11) is 4.27. The summed E-state index contributed by atoms with van der Waals surface area (Å²) in [6.45, 7) is 1.04. The van der Waals surface area contributed by atoms with Crippen molar-refractivity contribution >= 4 is 21.9 Å². The van der Waals surface area contributed by atoms with E-state index in [9.17, 15) is 4.79 Å². The number of halogens is 1. The number of hydrogen-bond acceptors (Lipinski definition) is 3. The van der Waals surface area contributed by atoms with Crippen molar-refractivity contribution in [2.75, 3.05) is 20.6 Å². The van der Waals surface area contributed by atoms with Crippen LogP contribution in [0.15, 0.2) is 21.2 Å². The van der Waals surface area contributed by atoms with Crippen LogP contribution in [0.4, 0.5) is 0 Å². The molecule has 1 aliphatic rings. The van der Waals surface area contributed by atoms with E-state index in [0.29, 0.717) is 10.6 Å². The molecule has 0 bridgehead atoms. The van der Waals surface area contributed by atoms with Gasteiger partial charge in [0.05, 0.1) is 20.6 Å². The maximum Gasteiger partial charge on any atom is 0.374 e. The minimum atomic E-state index is -0.351. The molecular weight excluding hydrogens is 310 g/mol. The molecule has 0 spiro atoms.